The van der Waals surface area contributed by atoms with Gasteiger partial charge in [-0.2, -0.15) is 0 Å². The van der Waals surface area contributed by atoms with Crippen molar-refractivity contribution < 1.29 is 0 Å². The van der Waals surface area contributed by atoms with Gasteiger partial charge in [0, 0.05) is 31.4 Å². The highest BCUT2D eigenvalue weighted by Gasteiger charge is 2.18. The maximum Gasteiger partial charge on any atom is 0.127 e. The Hall–Kier alpha value is -2.33. The van der Waals surface area contributed by atoms with E-state index in [1.54, 1.807) is 0 Å². The smallest absolute Gasteiger partial charge is 0.127 e. The molecule has 29 heavy (non-hydrogen) atoms. The largest absolute Gasteiger partial charge is 0.372 e. The van der Waals surface area contributed by atoms with Crippen LogP contribution in [0.5, 0.6) is 0 Å². The van der Waals surface area contributed by atoms with E-state index >= 15 is 0 Å². The van der Waals surface area contributed by atoms with Crippen molar-refractivity contribution in [2.75, 3.05) is 18.0 Å². The Morgan fingerprint density at radius 3 is 2.48 bits per heavy atom. The number of nitrogens with zero attached hydrogens (tertiary/aromatic N) is 3. The summed E-state index contributed by atoms with van der Waals surface area (Å²) in [5.41, 5.74) is 6.40. The maximum absolute atomic E-state index is 4.94. The van der Waals surface area contributed by atoms with Crippen LogP contribution in [0.2, 0.25) is 0 Å². The third-order valence-corrected chi connectivity index (χ3v) is 6.17. The molecule has 1 aliphatic rings. The number of hydrogen-bond acceptors (Lipinski definition) is 3. The lowest BCUT2D eigenvalue weighted by Gasteiger charge is -2.29. The Morgan fingerprint density at radius 1 is 1.00 bits per heavy atom. The number of fused-ring (bicyclic) bond motifs is 1. The average molecular weight is 391 g/mol. The number of imidazole rings is 1. The predicted octanol–water partition coefficient (Wildman–Crippen LogP) is 5.77. The number of para-hydroxylation sites is 2. The summed E-state index contributed by atoms with van der Waals surface area (Å²) in [6, 6.07) is 15.9. The van der Waals surface area contributed by atoms with Gasteiger partial charge in [0.15, 0.2) is 0 Å². The molecule has 1 fully saturated rings. The summed E-state index contributed by atoms with van der Waals surface area (Å²) in [6.07, 6.45) is 4.00. The zero-order chi connectivity index (χ0) is 20.4. The molecule has 2 heterocycles. The van der Waals surface area contributed by atoms with E-state index < -0.39 is 0 Å². The lowest BCUT2D eigenvalue weighted by atomic mass is 10.0. The van der Waals surface area contributed by atoms with Crippen LogP contribution in [0.3, 0.4) is 0 Å². The highest BCUT2D eigenvalue weighted by atomic mass is 15.1. The van der Waals surface area contributed by atoms with Crippen LogP contribution in [0.15, 0.2) is 42.5 Å². The third kappa shape index (κ3) is 4.18. The third-order valence-electron chi connectivity index (χ3n) is 6.17. The summed E-state index contributed by atoms with van der Waals surface area (Å²) in [5.74, 6) is 1.11. The fourth-order valence-electron chi connectivity index (χ4n) is 4.49. The van der Waals surface area contributed by atoms with Gasteiger partial charge < -0.3 is 14.8 Å². The minimum absolute atomic E-state index is 0.186. The molecule has 1 aromatic heterocycles. The average Bonchev–Trinajstić information content (AvgIpc) is 3.13. The van der Waals surface area contributed by atoms with Gasteiger partial charge >= 0.3 is 0 Å². The normalized spacial score (nSPS) is 16.0. The molecule has 0 radical (unpaired) electrons. The first-order chi connectivity index (χ1) is 14.0. The quantitative estimate of drug-likeness (QED) is 0.580. The van der Waals surface area contributed by atoms with E-state index in [1.807, 2.05) is 0 Å². The molecule has 4 heteroatoms. The van der Waals surface area contributed by atoms with E-state index in [0.29, 0.717) is 6.04 Å². The van der Waals surface area contributed by atoms with E-state index in [1.165, 1.54) is 54.7 Å². The molecule has 4 rings (SSSR count). The topological polar surface area (TPSA) is 33.1 Å². The molecule has 4 nitrogen and oxygen atoms in total. The second-order valence-corrected chi connectivity index (χ2v) is 8.68. The van der Waals surface area contributed by atoms with Gasteiger partial charge in [-0.1, -0.05) is 18.2 Å². The van der Waals surface area contributed by atoms with E-state index in [2.05, 4.69) is 84.9 Å². The fraction of sp³-hybridized carbons (Fsp3) is 0.480. The second kappa shape index (κ2) is 8.58. The monoisotopic (exact) mass is 390 g/mol. The fourth-order valence-corrected chi connectivity index (χ4v) is 4.49. The lowest BCUT2D eigenvalue weighted by molar-refractivity contribution is 0.491. The number of rotatable bonds is 6. The number of benzene rings is 2. The minimum Gasteiger partial charge on any atom is -0.372 e. The van der Waals surface area contributed by atoms with Crippen molar-refractivity contribution in [2.24, 2.45) is 0 Å². The molecule has 0 aliphatic carbocycles. The van der Waals surface area contributed by atoms with E-state index in [-0.39, 0.29) is 6.04 Å². The molecule has 1 atom stereocenters. The highest BCUT2D eigenvalue weighted by Crippen LogP contribution is 2.26. The molecule has 1 N–H and O–H groups in total. The molecule has 0 bridgehead atoms. The van der Waals surface area contributed by atoms with Crippen LogP contribution in [-0.4, -0.2) is 22.6 Å². The Balaban J connectivity index is 1.49. The van der Waals surface area contributed by atoms with Gasteiger partial charge in [0.2, 0.25) is 0 Å². The molecule has 0 spiro atoms. The first-order valence-electron chi connectivity index (χ1n) is 11.1. The molecule has 1 unspecified atom stereocenters. The summed E-state index contributed by atoms with van der Waals surface area (Å²) in [7, 11) is 0. The predicted molar refractivity (Wildman–Crippen MR) is 123 cm³/mol. The number of anilines is 1. The summed E-state index contributed by atoms with van der Waals surface area (Å²) < 4.78 is 2.36. The van der Waals surface area contributed by atoms with Crippen molar-refractivity contribution in [3.63, 3.8) is 0 Å². The van der Waals surface area contributed by atoms with Crippen molar-refractivity contribution in [1.29, 1.82) is 0 Å². The molecular weight excluding hydrogens is 356 g/mol. The van der Waals surface area contributed by atoms with Gasteiger partial charge in [-0.15, -0.1) is 0 Å². The Bertz CT molecular complexity index is 966. The molecular formula is C25H34N4. The summed E-state index contributed by atoms with van der Waals surface area (Å²) in [5, 5.41) is 3.71. The maximum atomic E-state index is 4.94. The Labute approximate surface area is 174 Å². The SMILES string of the molecule is Cc1cc(N2CCCCC2)ccc1CNC(C)c1nc2ccccc2n1C(C)C. The van der Waals surface area contributed by atoms with E-state index in [0.717, 1.165) is 17.9 Å². The van der Waals surface area contributed by atoms with Crippen molar-refractivity contribution in [3.8, 4) is 0 Å². The molecule has 3 aromatic rings. The van der Waals surface area contributed by atoms with Crippen molar-refractivity contribution in [3.05, 3.63) is 59.4 Å². The Kier molecular flexibility index (Phi) is 5.91. The first kappa shape index (κ1) is 20.0. The summed E-state index contributed by atoms with van der Waals surface area (Å²) in [4.78, 5) is 7.47. The van der Waals surface area contributed by atoms with Gasteiger partial charge in [0.25, 0.3) is 0 Å². The summed E-state index contributed by atoms with van der Waals surface area (Å²) in [6.45, 7) is 12.2. The van der Waals surface area contributed by atoms with E-state index in [4.69, 9.17) is 4.98 Å². The molecule has 0 saturated carbocycles. The Morgan fingerprint density at radius 2 is 1.76 bits per heavy atom. The number of nitrogens with one attached hydrogen (secondary N) is 1. The number of aryl methyl sites for hydroxylation is 1. The van der Waals surface area contributed by atoms with Gasteiger partial charge in [-0.3, -0.25) is 0 Å². The van der Waals surface area contributed by atoms with Gasteiger partial charge in [-0.25, -0.2) is 4.98 Å². The lowest BCUT2D eigenvalue weighted by Crippen LogP contribution is -2.29. The second-order valence-electron chi connectivity index (χ2n) is 8.68. The van der Waals surface area contributed by atoms with Gasteiger partial charge in [0.05, 0.1) is 17.1 Å². The van der Waals surface area contributed by atoms with Crippen LogP contribution in [-0.2, 0) is 6.54 Å². The van der Waals surface area contributed by atoms with Gasteiger partial charge in [0.1, 0.15) is 5.82 Å². The zero-order valence-corrected chi connectivity index (χ0v) is 18.3. The van der Waals surface area contributed by atoms with Crippen LogP contribution in [0.4, 0.5) is 5.69 Å². The van der Waals surface area contributed by atoms with Gasteiger partial charge in [-0.05, 0) is 82.3 Å². The molecule has 1 saturated heterocycles. The number of hydrogen-bond donors (Lipinski definition) is 1. The van der Waals surface area contributed by atoms with Crippen LogP contribution in [0.25, 0.3) is 11.0 Å². The van der Waals surface area contributed by atoms with Crippen LogP contribution >= 0.6 is 0 Å². The minimum atomic E-state index is 0.186. The van der Waals surface area contributed by atoms with Crippen LogP contribution < -0.4 is 10.2 Å². The van der Waals surface area contributed by atoms with Crippen LogP contribution in [0, 0.1) is 6.92 Å². The molecule has 1 aliphatic heterocycles. The van der Waals surface area contributed by atoms with Crippen LogP contribution in [0.1, 0.15) is 69.1 Å². The van der Waals surface area contributed by atoms with E-state index in [9.17, 15) is 0 Å². The molecule has 2 aromatic carbocycles. The zero-order valence-electron chi connectivity index (χ0n) is 18.3. The van der Waals surface area contributed by atoms with Crippen molar-refractivity contribution in [1.82, 2.24) is 14.9 Å². The number of piperidine rings is 1. The number of aromatic nitrogens is 2. The highest BCUT2D eigenvalue weighted by molar-refractivity contribution is 5.76. The molecule has 154 valence electrons. The summed E-state index contributed by atoms with van der Waals surface area (Å²) >= 11 is 0. The molecule has 0 amide bonds. The van der Waals surface area contributed by atoms with Crippen molar-refractivity contribution >= 4 is 16.7 Å². The standard InChI is InChI=1S/C25H34N4/c1-18(2)29-24-11-7-6-10-23(24)27-25(29)20(4)26-17-21-12-13-22(16-19(21)3)28-14-8-5-9-15-28/h6-7,10-13,16,18,20,26H,5,8-9,14-15,17H2,1-4H3. The van der Waals surface area contributed by atoms with Crippen molar-refractivity contribution in [2.45, 2.75) is 65.6 Å². The first-order valence-corrected chi connectivity index (χ1v) is 11.1.